The van der Waals surface area contributed by atoms with Gasteiger partial charge in [0, 0.05) is 24.6 Å². The van der Waals surface area contributed by atoms with Crippen molar-refractivity contribution in [2.45, 2.75) is 57.1 Å². The molecule has 1 spiro atoms. The SMILES string of the molecule is NCc1ccc(C(=O)C2CCOC3(CCCCC3)C2)cc1. The van der Waals surface area contributed by atoms with E-state index in [9.17, 15) is 4.79 Å². The van der Waals surface area contributed by atoms with Crippen LogP contribution in [0.15, 0.2) is 24.3 Å². The van der Waals surface area contributed by atoms with Crippen molar-refractivity contribution in [1.29, 1.82) is 0 Å². The third-order valence-corrected chi connectivity index (χ3v) is 5.10. The van der Waals surface area contributed by atoms with Gasteiger partial charge in [-0.05, 0) is 31.2 Å². The molecule has 1 saturated heterocycles. The van der Waals surface area contributed by atoms with Crippen molar-refractivity contribution in [3.8, 4) is 0 Å². The van der Waals surface area contributed by atoms with E-state index in [1.165, 1.54) is 19.3 Å². The quantitative estimate of drug-likeness (QED) is 0.866. The van der Waals surface area contributed by atoms with Crippen LogP contribution in [0.5, 0.6) is 0 Å². The summed E-state index contributed by atoms with van der Waals surface area (Å²) >= 11 is 0. The van der Waals surface area contributed by atoms with Gasteiger partial charge in [0.05, 0.1) is 5.60 Å². The molecule has 2 aliphatic rings. The highest BCUT2D eigenvalue weighted by molar-refractivity contribution is 5.98. The van der Waals surface area contributed by atoms with Crippen LogP contribution in [0.2, 0.25) is 0 Å². The molecule has 1 atom stereocenters. The van der Waals surface area contributed by atoms with E-state index in [1.54, 1.807) is 0 Å². The zero-order valence-electron chi connectivity index (χ0n) is 12.6. The van der Waals surface area contributed by atoms with Gasteiger partial charge in [0.2, 0.25) is 0 Å². The molecule has 1 aliphatic heterocycles. The molecule has 1 aromatic carbocycles. The van der Waals surface area contributed by atoms with Crippen LogP contribution < -0.4 is 5.73 Å². The maximum Gasteiger partial charge on any atom is 0.166 e. The highest BCUT2D eigenvalue weighted by atomic mass is 16.5. The van der Waals surface area contributed by atoms with Crippen molar-refractivity contribution >= 4 is 5.78 Å². The van der Waals surface area contributed by atoms with Gasteiger partial charge >= 0.3 is 0 Å². The number of ether oxygens (including phenoxy) is 1. The highest BCUT2D eigenvalue weighted by Crippen LogP contribution is 2.41. The Morgan fingerprint density at radius 1 is 1.19 bits per heavy atom. The van der Waals surface area contributed by atoms with Crippen LogP contribution in [0.3, 0.4) is 0 Å². The Morgan fingerprint density at radius 3 is 2.57 bits per heavy atom. The van der Waals surface area contributed by atoms with Crippen molar-refractivity contribution in [3.05, 3.63) is 35.4 Å². The standard InChI is InChI=1S/C18H25NO2/c19-13-14-4-6-15(7-5-14)17(20)16-8-11-21-18(12-16)9-2-1-3-10-18/h4-7,16H,1-3,8-13,19H2. The molecular formula is C18H25NO2. The minimum absolute atomic E-state index is 0.00593. The minimum Gasteiger partial charge on any atom is -0.375 e. The van der Waals surface area contributed by atoms with Crippen LogP contribution in [0.4, 0.5) is 0 Å². The molecular weight excluding hydrogens is 262 g/mol. The molecule has 114 valence electrons. The summed E-state index contributed by atoms with van der Waals surface area (Å²) in [7, 11) is 0. The normalized spacial score (nSPS) is 24.9. The number of carbonyl (C=O) groups excluding carboxylic acids is 1. The summed E-state index contributed by atoms with van der Waals surface area (Å²) < 4.78 is 6.09. The molecule has 3 heteroatoms. The van der Waals surface area contributed by atoms with Crippen LogP contribution >= 0.6 is 0 Å². The largest absolute Gasteiger partial charge is 0.375 e. The van der Waals surface area contributed by atoms with Gasteiger partial charge in [-0.15, -0.1) is 0 Å². The van der Waals surface area contributed by atoms with Gasteiger partial charge in [-0.3, -0.25) is 4.79 Å². The van der Waals surface area contributed by atoms with Gasteiger partial charge in [0.1, 0.15) is 0 Å². The van der Waals surface area contributed by atoms with Crippen LogP contribution in [0, 0.1) is 5.92 Å². The first-order valence-corrected chi connectivity index (χ1v) is 8.20. The zero-order valence-corrected chi connectivity index (χ0v) is 12.6. The van der Waals surface area contributed by atoms with E-state index in [1.807, 2.05) is 24.3 Å². The van der Waals surface area contributed by atoms with Gasteiger partial charge in [-0.2, -0.15) is 0 Å². The lowest BCUT2D eigenvalue weighted by molar-refractivity contribution is -0.111. The van der Waals surface area contributed by atoms with E-state index in [-0.39, 0.29) is 17.3 Å². The highest BCUT2D eigenvalue weighted by Gasteiger charge is 2.40. The predicted molar refractivity (Wildman–Crippen MR) is 83.2 cm³/mol. The molecule has 21 heavy (non-hydrogen) atoms. The van der Waals surface area contributed by atoms with Crippen LogP contribution in [0.25, 0.3) is 0 Å². The molecule has 2 fully saturated rings. The molecule has 3 rings (SSSR count). The summed E-state index contributed by atoms with van der Waals surface area (Å²) in [5.74, 6) is 0.410. The van der Waals surface area contributed by atoms with E-state index >= 15 is 0 Å². The summed E-state index contributed by atoms with van der Waals surface area (Å²) in [6, 6.07) is 7.77. The number of benzene rings is 1. The lowest BCUT2D eigenvalue weighted by Gasteiger charge is -2.43. The summed E-state index contributed by atoms with van der Waals surface area (Å²) in [6.07, 6.45) is 7.82. The zero-order chi connectivity index (χ0) is 14.7. The number of ketones is 1. The van der Waals surface area contributed by atoms with Crippen LogP contribution in [-0.2, 0) is 11.3 Å². The first-order valence-electron chi connectivity index (χ1n) is 8.20. The van der Waals surface area contributed by atoms with Crippen molar-refractivity contribution in [3.63, 3.8) is 0 Å². The molecule has 2 N–H and O–H groups in total. The van der Waals surface area contributed by atoms with Crippen molar-refractivity contribution in [2.24, 2.45) is 11.7 Å². The average molecular weight is 287 g/mol. The van der Waals surface area contributed by atoms with Crippen molar-refractivity contribution in [2.75, 3.05) is 6.61 Å². The minimum atomic E-state index is -0.00593. The molecule has 1 aliphatic carbocycles. The number of rotatable bonds is 3. The molecule has 3 nitrogen and oxygen atoms in total. The van der Waals surface area contributed by atoms with E-state index in [0.29, 0.717) is 6.54 Å². The van der Waals surface area contributed by atoms with Crippen molar-refractivity contribution in [1.82, 2.24) is 0 Å². The number of nitrogens with two attached hydrogens (primary N) is 1. The second-order valence-electron chi connectivity index (χ2n) is 6.55. The molecule has 1 unspecified atom stereocenters. The van der Waals surface area contributed by atoms with Gasteiger partial charge in [0.25, 0.3) is 0 Å². The van der Waals surface area contributed by atoms with Crippen molar-refractivity contribution < 1.29 is 9.53 Å². The Labute approximate surface area is 126 Å². The molecule has 1 saturated carbocycles. The maximum absolute atomic E-state index is 12.7. The Morgan fingerprint density at radius 2 is 1.90 bits per heavy atom. The number of Topliss-reactive ketones (excluding diaryl/α,β-unsaturated/α-hetero) is 1. The van der Waals surface area contributed by atoms with Gasteiger partial charge in [-0.1, -0.05) is 43.5 Å². The lowest BCUT2D eigenvalue weighted by atomic mass is 9.74. The number of hydrogen-bond donors (Lipinski definition) is 1. The van der Waals surface area contributed by atoms with Gasteiger partial charge in [-0.25, -0.2) is 0 Å². The summed E-state index contributed by atoms with van der Waals surface area (Å²) in [6.45, 7) is 1.26. The average Bonchev–Trinajstić information content (AvgIpc) is 2.55. The lowest BCUT2D eigenvalue weighted by Crippen LogP contribution is -2.43. The van der Waals surface area contributed by atoms with E-state index in [0.717, 1.165) is 43.4 Å². The summed E-state index contributed by atoms with van der Waals surface area (Å²) in [5, 5.41) is 0. The fourth-order valence-electron chi connectivity index (χ4n) is 3.84. The number of carbonyl (C=O) groups is 1. The predicted octanol–water partition coefficient (Wildman–Crippen LogP) is 3.46. The number of hydrogen-bond acceptors (Lipinski definition) is 3. The van der Waals surface area contributed by atoms with Crippen LogP contribution in [0.1, 0.15) is 60.9 Å². The summed E-state index contributed by atoms with van der Waals surface area (Å²) in [4.78, 5) is 12.7. The maximum atomic E-state index is 12.7. The second kappa shape index (κ2) is 6.29. The molecule has 0 aromatic heterocycles. The smallest absolute Gasteiger partial charge is 0.166 e. The van der Waals surface area contributed by atoms with E-state index in [4.69, 9.17) is 10.5 Å². The molecule has 0 bridgehead atoms. The third-order valence-electron chi connectivity index (χ3n) is 5.10. The fraction of sp³-hybridized carbons (Fsp3) is 0.611. The Hall–Kier alpha value is -1.19. The first kappa shape index (κ1) is 14.7. The molecule has 1 heterocycles. The second-order valence-corrected chi connectivity index (χ2v) is 6.55. The fourth-order valence-corrected chi connectivity index (χ4v) is 3.84. The van der Waals surface area contributed by atoms with Crippen LogP contribution in [-0.4, -0.2) is 18.0 Å². The Bertz CT molecular complexity index is 483. The van der Waals surface area contributed by atoms with Gasteiger partial charge in [0.15, 0.2) is 5.78 Å². The monoisotopic (exact) mass is 287 g/mol. The van der Waals surface area contributed by atoms with Gasteiger partial charge < -0.3 is 10.5 Å². The summed E-state index contributed by atoms with van der Waals surface area (Å²) in [5.41, 5.74) is 7.50. The molecule has 0 radical (unpaired) electrons. The topological polar surface area (TPSA) is 52.3 Å². The first-order chi connectivity index (χ1) is 10.2. The van der Waals surface area contributed by atoms with E-state index in [2.05, 4.69) is 0 Å². The molecule has 0 amide bonds. The Balaban J connectivity index is 1.71. The molecule has 1 aromatic rings. The third kappa shape index (κ3) is 3.19. The Kier molecular flexibility index (Phi) is 4.41. The van der Waals surface area contributed by atoms with E-state index < -0.39 is 0 Å².